The molecule has 1 aromatic heterocycles. The Morgan fingerprint density at radius 3 is 2.40 bits per heavy atom. The Labute approximate surface area is 268 Å². The molecule has 2 aliphatic heterocycles. The van der Waals surface area contributed by atoms with E-state index < -0.39 is 10.0 Å². The molecule has 0 radical (unpaired) electrons. The van der Waals surface area contributed by atoms with Gasteiger partial charge in [-0.25, -0.2) is 13.4 Å². The first-order valence-corrected chi connectivity index (χ1v) is 17.3. The summed E-state index contributed by atoms with van der Waals surface area (Å²) in [6, 6.07) is 15.4. The molecule has 45 heavy (non-hydrogen) atoms. The number of aromatic nitrogens is 2. The zero-order valence-electron chi connectivity index (χ0n) is 27.3. The minimum absolute atomic E-state index is 0.0508. The van der Waals surface area contributed by atoms with E-state index in [0.29, 0.717) is 40.0 Å². The average Bonchev–Trinajstić information content (AvgIpc) is 3.53. The first-order valence-electron chi connectivity index (χ1n) is 15.9. The maximum atomic E-state index is 13.8. The topological polar surface area (TPSA) is 114 Å². The SMILES string of the molecule is COc1cc(C)c(S(=O)(=O)N2CCC[C@H]2COc2ccnc(C(N)CCN3CCC(c4ccccc4)(N(C)C)CC3)n2)c(C)c1. The van der Waals surface area contributed by atoms with Gasteiger partial charge in [-0.2, -0.15) is 9.29 Å². The van der Waals surface area contributed by atoms with Gasteiger partial charge in [0.05, 0.1) is 24.1 Å². The number of hydrogen-bond acceptors (Lipinski definition) is 9. The highest BCUT2D eigenvalue weighted by molar-refractivity contribution is 7.89. The molecule has 1 unspecified atom stereocenters. The smallest absolute Gasteiger partial charge is 0.243 e. The Hall–Kier alpha value is -3.09. The van der Waals surface area contributed by atoms with Gasteiger partial charge >= 0.3 is 0 Å². The maximum Gasteiger partial charge on any atom is 0.243 e. The van der Waals surface area contributed by atoms with Crippen LogP contribution in [0.3, 0.4) is 0 Å². The Bertz CT molecular complexity index is 1520. The van der Waals surface area contributed by atoms with Gasteiger partial charge in [0, 0.05) is 44.0 Å². The molecule has 2 aromatic carbocycles. The number of nitrogens with two attached hydrogens (primary N) is 1. The van der Waals surface area contributed by atoms with Crippen LogP contribution in [0.2, 0.25) is 0 Å². The Balaban J connectivity index is 1.16. The number of piperidine rings is 1. The second-order valence-electron chi connectivity index (χ2n) is 12.6. The molecule has 2 saturated heterocycles. The quantitative estimate of drug-likeness (QED) is 0.311. The van der Waals surface area contributed by atoms with Crippen LogP contribution in [-0.2, 0) is 15.6 Å². The predicted molar refractivity (Wildman–Crippen MR) is 176 cm³/mol. The molecular weight excluding hydrogens is 588 g/mol. The first-order chi connectivity index (χ1) is 21.5. The molecule has 11 heteroatoms. The molecule has 2 atom stereocenters. The number of rotatable bonds is 12. The van der Waals surface area contributed by atoms with Gasteiger partial charge in [-0.3, -0.25) is 4.90 Å². The van der Waals surface area contributed by atoms with Crippen LogP contribution in [0.4, 0.5) is 0 Å². The van der Waals surface area contributed by atoms with Crippen LogP contribution in [0.5, 0.6) is 11.6 Å². The molecule has 3 aromatic rings. The third-order valence-corrected chi connectivity index (χ3v) is 11.8. The zero-order valence-corrected chi connectivity index (χ0v) is 28.1. The molecule has 0 aliphatic carbocycles. The molecular formula is C34H48N6O4S. The second kappa shape index (κ2) is 14.1. The van der Waals surface area contributed by atoms with Gasteiger partial charge < -0.3 is 20.1 Å². The van der Waals surface area contributed by atoms with Crippen LogP contribution in [0.25, 0.3) is 0 Å². The predicted octanol–water partition coefficient (Wildman–Crippen LogP) is 4.28. The van der Waals surface area contributed by atoms with Gasteiger partial charge in [-0.15, -0.1) is 0 Å². The summed E-state index contributed by atoms with van der Waals surface area (Å²) in [4.78, 5) is 14.2. The molecule has 5 rings (SSSR count). The fraction of sp³-hybridized carbons (Fsp3) is 0.529. The van der Waals surface area contributed by atoms with E-state index in [1.54, 1.807) is 35.8 Å². The van der Waals surface area contributed by atoms with E-state index in [1.165, 1.54) is 5.56 Å². The van der Waals surface area contributed by atoms with Crippen molar-refractivity contribution in [1.29, 1.82) is 0 Å². The molecule has 3 heterocycles. The summed E-state index contributed by atoms with van der Waals surface area (Å²) in [5.74, 6) is 1.60. The Kier molecular flexibility index (Phi) is 10.4. The van der Waals surface area contributed by atoms with Crippen molar-refractivity contribution < 1.29 is 17.9 Å². The number of nitrogens with zero attached hydrogens (tertiary/aromatic N) is 5. The Morgan fingerprint density at radius 1 is 1.07 bits per heavy atom. The van der Waals surface area contributed by atoms with E-state index in [9.17, 15) is 8.42 Å². The highest BCUT2D eigenvalue weighted by Crippen LogP contribution is 2.37. The number of benzene rings is 2. The normalized spacial score (nSPS) is 19.9. The first kappa shape index (κ1) is 33.3. The summed E-state index contributed by atoms with van der Waals surface area (Å²) < 4.78 is 40.5. The van der Waals surface area contributed by atoms with Crippen molar-refractivity contribution in [2.75, 3.05) is 54.0 Å². The molecule has 0 bridgehead atoms. The standard InChI is InChI=1S/C34H48N6O4S/c1-25-22-29(43-5)23-26(2)32(25)45(41,42)40-18-9-12-28(40)24-44-31-13-17-36-33(37-31)30(35)14-19-39-20-15-34(16-21-39,38(3)4)27-10-7-6-8-11-27/h6-8,10-11,13,17,22-23,28,30H,9,12,14-16,18-21,24,35H2,1-5H3/t28-,30?/m0/s1. The summed E-state index contributed by atoms with van der Waals surface area (Å²) in [6.07, 6.45) is 6.02. The lowest BCUT2D eigenvalue weighted by molar-refractivity contribution is 0.0526. The van der Waals surface area contributed by atoms with Gasteiger partial charge in [-0.05, 0) is 88.9 Å². The minimum Gasteiger partial charge on any atom is -0.497 e. The van der Waals surface area contributed by atoms with Crippen LogP contribution in [-0.4, -0.2) is 92.5 Å². The van der Waals surface area contributed by atoms with Crippen molar-refractivity contribution in [1.82, 2.24) is 24.1 Å². The highest BCUT2D eigenvalue weighted by Gasteiger charge is 2.39. The molecule has 2 N–H and O–H groups in total. The molecule has 0 spiro atoms. The van der Waals surface area contributed by atoms with Crippen LogP contribution in [0, 0.1) is 13.8 Å². The fourth-order valence-electron chi connectivity index (χ4n) is 6.98. The van der Waals surface area contributed by atoms with Crippen molar-refractivity contribution in [2.45, 2.75) is 68.5 Å². The number of likely N-dealkylation sites (tertiary alicyclic amines) is 1. The largest absolute Gasteiger partial charge is 0.497 e. The lowest BCUT2D eigenvalue weighted by atomic mass is 9.80. The van der Waals surface area contributed by atoms with Crippen molar-refractivity contribution in [3.63, 3.8) is 0 Å². The van der Waals surface area contributed by atoms with Crippen LogP contribution in [0.1, 0.15) is 60.7 Å². The van der Waals surface area contributed by atoms with E-state index in [0.717, 1.165) is 51.7 Å². The van der Waals surface area contributed by atoms with E-state index in [2.05, 4.69) is 64.2 Å². The van der Waals surface area contributed by atoms with Crippen molar-refractivity contribution in [2.24, 2.45) is 5.73 Å². The summed E-state index contributed by atoms with van der Waals surface area (Å²) in [5, 5.41) is 0. The van der Waals surface area contributed by atoms with Crippen LogP contribution >= 0.6 is 0 Å². The maximum absolute atomic E-state index is 13.8. The fourth-order valence-corrected chi connectivity index (χ4v) is 9.08. The minimum atomic E-state index is -3.71. The molecule has 2 fully saturated rings. The van der Waals surface area contributed by atoms with Gasteiger partial charge in [0.15, 0.2) is 0 Å². The number of hydrogen-bond donors (Lipinski definition) is 1. The van der Waals surface area contributed by atoms with Crippen molar-refractivity contribution in [3.8, 4) is 11.6 Å². The van der Waals surface area contributed by atoms with Gasteiger partial charge in [0.1, 0.15) is 18.2 Å². The number of sulfonamides is 1. The molecule has 244 valence electrons. The number of aryl methyl sites for hydroxylation is 2. The zero-order chi connectivity index (χ0) is 32.2. The number of ether oxygens (including phenoxy) is 2. The third kappa shape index (κ3) is 7.18. The molecule has 0 saturated carbocycles. The third-order valence-electron chi connectivity index (χ3n) is 9.57. The van der Waals surface area contributed by atoms with Crippen LogP contribution in [0.15, 0.2) is 59.6 Å². The molecule has 10 nitrogen and oxygen atoms in total. The van der Waals surface area contributed by atoms with Crippen LogP contribution < -0.4 is 15.2 Å². The van der Waals surface area contributed by atoms with Crippen molar-refractivity contribution in [3.05, 3.63) is 77.2 Å². The number of methoxy groups -OCH3 is 1. The Morgan fingerprint density at radius 2 is 1.76 bits per heavy atom. The van der Waals surface area contributed by atoms with Gasteiger partial charge in [-0.1, -0.05) is 30.3 Å². The summed E-state index contributed by atoms with van der Waals surface area (Å²) >= 11 is 0. The van der Waals surface area contributed by atoms with E-state index >= 15 is 0 Å². The lowest BCUT2D eigenvalue weighted by Crippen LogP contribution is -2.50. The highest BCUT2D eigenvalue weighted by atomic mass is 32.2. The van der Waals surface area contributed by atoms with Gasteiger partial charge in [0.2, 0.25) is 15.9 Å². The lowest BCUT2D eigenvalue weighted by Gasteiger charge is -2.46. The van der Waals surface area contributed by atoms with Gasteiger partial charge in [0.25, 0.3) is 0 Å². The molecule has 0 amide bonds. The summed E-state index contributed by atoms with van der Waals surface area (Å²) in [6.45, 7) is 7.15. The van der Waals surface area contributed by atoms with E-state index in [4.69, 9.17) is 15.2 Å². The second-order valence-corrected chi connectivity index (χ2v) is 14.4. The average molecular weight is 637 g/mol. The van der Waals surface area contributed by atoms with E-state index in [1.807, 2.05) is 13.8 Å². The van der Waals surface area contributed by atoms with E-state index in [-0.39, 0.29) is 24.2 Å². The summed E-state index contributed by atoms with van der Waals surface area (Å²) in [7, 11) is 2.23. The molecule has 2 aliphatic rings. The van der Waals surface area contributed by atoms with Crippen molar-refractivity contribution >= 4 is 10.0 Å². The summed E-state index contributed by atoms with van der Waals surface area (Å²) in [5.41, 5.74) is 9.34. The monoisotopic (exact) mass is 636 g/mol.